The first-order valence-electron chi connectivity index (χ1n) is 11.0. The molecule has 0 aliphatic rings. The first-order valence-corrected chi connectivity index (χ1v) is 11.9. The van der Waals surface area contributed by atoms with Gasteiger partial charge in [0.05, 0.1) is 16.8 Å². The van der Waals surface area contributed by atoms with Gasteiger partial charge in [0.15, 0.2) is 16.8 Å². The summed E-state index contributed by atoms with van der Waals surface area (Å²) in [6.07, 6.45) is 0.418. The van der Waals surface area contributed by atoms with Gasteiger partial charge in [-0.2, -0.15) is 13.2 Å². The van der Waals surface area contributed by atoms with Crippen molar-refractivity contribution in [1.82, 2.24) is 24.3 Å². The molecule has 1 aromatic carbocycles. The maximum absolute atomic E-state index is 13.5. The highest BCUT2D eigenvalue weighted by Gasteiger charge is 2.38. The molecule has 1 amide bonds. The first kappa shape index (κ1) is 27.4. The summed E-state index contributed by atoms with van der Waals surface area (Å²) >= 11 is 1.51. The Bertz CT molecular complexity index is 1640. The van der Waals surface area contributed by atoms with Gasteiger partial charge >= 0.3 is 12.1 Å². The van der Waals surface area contributed by atoms with Gasteiger partial charge in [0, 0.05) is 30.5 Å². The summed E-state index contributed by atoms with van der Waals surface area (Å²) in [4.78, 5) is 30.9. The molecule has 5 aromatic rings. The highest BCUT2D eigenvalue weighted by Crippen LogP contribution is 2.27. The number of thiazole rings is 1. The molecule has 0 unspecified atom stereocenters. The van der Waals surface area contributed by atoms with Crippen molar-refractivity contribution < 1.29 is 36.6 Å². The number of carboxylic acid groups (broad SMARTS) is 1. The largest absolute Gasteiger partial charge is 0.490 e. The van der Waals surface area contributed by atoms with Gasteiger partial charge in [-0.1, -0.05) is 12.1 Å². The molecule has 0 radical (unpaired) electrons. The molecule has 0 spiro atoms. The standard InChI is InChI=1S/C23H17F2N5OS.C2HF3O2/c1-14-28-19(13-30(14)23-26-7-9-32-23)21-11-16(20-4-2-3-8-29(20)21)22(31)27-12-15-5-6-17(24)18(25)10-15;3-2(4,5)1(6)7/h2-11,13H,12H2,1H3,(H,27,31);(H,6,7). The average molecular weight is 564 g/mol. The van der Waals surface area contributed by atoms with Crippen LogP contribution in [0.5, 0.6) is 0 Å². The van der Waals surface area contributed by atoms with E-state index in [1.54, 1.807) is 12.3 Å². The van der Waals surface area contributed by atoms with Gasteiger partial charge in [-0.25, -0.2) is 23.5 Å². The summed E-state index contributed by atoms with van der Waals surface area (Å²) in [5.74, 6) is -4.16. The van der Waals surface area contributed by atoms with Gasteiger partial charge in [0.1, 0.15) is 11.5 Å². The van der Waals surface area contributed by atoms with Gasteiger partial charge in [0.2, 0.25) is 0 Å². The number of benzene rings is 1. The second-order valence-electron chi connectivity index (χ2n) is 7.99. The molecule has 0 saturated heterocycles. The number of fused-ring (bicyclic) bond motifs is 1. The lowest BCUT2D eigenvalue weighted by Crippen LogP contribution is -2.22. The Balaban J connectivity index is 0.000000448. The summed E-state index contributed by atoms with van der Waals surface area (Å²) in [7, 11) is 0. The van der Waals surface area contributed by atoms with Crippen LogP contribution in [0.2, 0.25) is 0 Å². The van der Waals surface area contributed by atoms with Crippen LogP contribution in [0.25, 0.3) is 22.0 Å². The van der Waals surface area contributed by atoms with Crippen molar-refractivity contribution in [2.75, 3.05) is 0 Å². The predicted octanol–water partition coefficient (Wildman–Crippen LogP) is 5.40. The molecule has 0 atom stereocenters. The number of aromatic nitrogens is 4. The van der Waals surface area contributed by atoms with Crippen molar-refractivity contribution in [3.8, 4) is 16.5 Å². The van der Waals surface area contributed by atoms with Crippen molar-refractivity contribution >= 4 is 28.7 Å². The summed E-state index contributed by atoms with van der Waals surface area (Å²) in [5, 5.41) is 12.6. The number of nitrogens with one attached hydrogen (secondary N) is 1. The van der Waals surface area contributed by atoms with Crippen molar-refractivity contribution in [2.24, 2.45) is 0 Å². The quantitative estimate of drug-likeness (QED) is 0.279. The van der Waals surface area contributed by atoms with Crippen LogP contribution in [-0.4, -0.2) is 42.1 Å². The smallest absolute Gasteiger partial charge is 0.475 e. The number of carbonyl (C=O) groups excluding carboxylic acids is 1. The van der Waals surface area contributed by atoms with Crippen LogP contribution in [-0.2, 0) is 11.3 Å². The topological polar surface area (TPSA) is 102 Å². The number of aliphatic carboxylic acids is 1. The molecular formula is C25H18F5N5O3S. The number of hydrogen-bond donors (Lipinski definition) is 2. The minimum atomic E-state index is -5.08. The number of carbonyl (C=O) groups is 2. The maximum Gasteiger partial charge on any atom is 0.490 e. The Morgan fingerprint density at radius 2 is 1.85 bits per heavy atom. The van der Waals surface area contributed by atoms with Crippen molar-refractivity contribution in [3.05, 3.63) is 95.0 Å². The molecule has 39 heavy (non-hydrogen) atoms. The van der Waals surface area contributed by atoms with Crippen LogP contribution >= 0.6 is 11.3 Å². The summed E-state index contributed by atoms with van der Waals surface area (Å²) in [6, 6.07) is 10.9. The molecule has 0 bridgehead atoms. The molecule has 2 N–H and O–H groups in total. The van der Waals surface area contributed by atoms with Crippen LogP contribution in [0, 0.1) is 18.6 Å². The van der Waals surface area contributed by atoms with E-state index in [2.05, 4.69) is 15.3 Å². The number of nitrogens with zero attached hydrogens (tertiary/aromatic N) is 4. The minimum absolute atomic E-state index is 0.0767. The van der Waals surface area contributed by atoms with Crippen molar-refractivity contribution in [1.29, 1.82) is 0 Å². The van der Waals surface area contributed by atoms with Gasteiger partial charge in [-0.05, 0) is 42.8 Å². The van der Waals surface area contributed by atoms with E-state index in [-0.39, 0.29) is 12.5 Å². The summed E-state index contributed by atoms with van der Waals surface area (Å²) in [5.41, 5.74) is 3.12. The number of hydrogen-bond acceptors (Lipinski definition) is 5. The summed E-state index contributed by atoms with van der Waals surface area (Å²) < 4.78 is 62.2. The number of halogens is 5. The minimum Gasteiger partial charge on any atom is -0.475 e. The number of imidazole rings is 1. The molecule has 0 fully saturated rings. The van der Waals surface area contributed by atoms with Crippen LogP contribution < -0.4 is 5.32 Å². The molecule has 0 aliphatic heterocycles. The molecule has 14 heteroatoms. The molecule has 4 aromatic heterocycles. The molecule has 0 aliphatic carbocycles. The number of carboxylic acids is 1. The average Bonchev–Trinajstić information content (AvgIpc) is 3.63. The number of aryl methyl sites for hydroxylation is 1. The highest BCUT2D eigenvalue weighted by molar-refractivity contribution is 7.12. The fourth-order valence-electron chi connectivity index (χ4n) is 3.58. The molecule has 5 rings (SSSR count). The van der Waals surface area contributed by atoms with E-state index in [1.165, 1.54) is 17.4 Å². The van der Waals surface area contributed by atoms with Crippen LogP contribution in [0.1, 0.15) is 21.7 Å². The zero-order valence-corrected chi connectivity index (χ0v) is 20.7. The van der Waals surface area contributed by atoms with Crippen molar-refractivity contribution in [2.45, 2.75) is 19.6 Å². The van der Waals surface area contributed by atoms with E-state index in [1.807, 2.05) is 51.9 Å². The van der Waals surface area contributed by atoms with E-state index >= 15 is 0 Å². The van der Waals surface area contributed by atoms with E-state index < -0.39 is 23.8 Å². The zero-order chi connectivity index (χ0) is 28.3. The SMILES string of the molecule is Cc1nc(-c2cc(C(=O)NCc3ccc(F)c(F)c3)c3ccccn23)cn1-c1nccs1.O=C(O)C(F)(F)F. The normalized spacial score (nSPS) is 11.2. The zero-order valence-electron chi connectivity index (χ0n) is 19.9. The first-order chi connectivity index (χ1) is 18.5. The number of pyridine rings is 1. The monoisotopic (exact) mass is 563 g/mol. The third kappa shape index (κ3) is 6.12. The molecule has 8 nitrogen and oxygen atoms in total. The second-order valence-corrected chi connectivity index (χ2v) is 8.86. The lowest BCUT2D eigenvalue weighted by Gasteiger charge is -2.05. The van der Waals surface area contributed by atoms with Gasteiger partial charge in [0.25, 0.3) is 5.91 Å². The van der Waals surface area contributed by atoms with E-state index in [9.17, 15) is 26.7 Å². The number of amides is 1. The third-order valence-corrected chi connectivity index (χ3v) is 6.14. The van der Waals surface area contributed by atoms with Crippen LogP contribution in [0.3, 0.4) is 0 Å². The third-order valence-electron chi connectivity index (χ3n) is 5.37. The lowest BCUT2D eigenvalue weighted by atomic mass is 10.2. The fraction of sp³-hybridized carbons (Fsp3) is 0.120. The Hall–Kier alpha value is -4.59. The fourth-order valence-corrected chi connectivity index (χ4v) is 4.25. The Kier molecular flexibility index (Phi) is 7.76. The predicted molar refractivity (Wildman–Crippen MR) is 132 cm³/mol. The van der Waals surface area contributed by atoms with E-state index in [0.717, 1.165) is 28.8 Å². The van der Waals surface area contributed by atoms with Gasteiger partial charge in [-0.15, -0.1) is 11.3 Å². The maximum atomic E-state index is 13.5. The summed E-state index contributed by atoms with van der Waals surface area (Å²) in [6.45, 7) is 1.98. The lowest BCUT2D eigenvalue weighted by molar-refractivity contribution is -0.192. The molecule has 0 saturated carbocycles. The van der Waals surface area contributed by atoms with Crippen LogP contribution in [0.15, 0.2) is 66.4 Å². The van der Waals surface area contributed by atoms with E-state index in [4.69, 9.17) is 9.90 Å². The number of alkyl halides is 3. The molecular weight excluding hydrogens is 545 g/mol. The van der Waals surface area contributed by atoms with Crippen molar-refractivity contribution in [3.63, 3.8) is 0 Å². The second kappa shape index (κ2) is 11.0. The molecule has 202 valence electrons. The van der Waals surface area contributed by atoms with Gasteiger partial charge in [-0.3, -0.25) is 9.36 Å². The highest BCUT2D eigenvalue weighted by atomic mass is 32.1. The Morgan fingerprint density at radius 3 is 2.49 bits per heavy atom. The Morgan fingerprint density at radius 1 is 1.10 bits per heavy atom. The van der Waals surface area contributed by atoms with E-state index in [0.29, 0.717) is 22.3 Å². The van der Waals surface area contributed by atoms with Gasteiger partial charge < -0.3 is 14.8 Å². The number of rotatable bonds is 5. The van der Waals surface area contributed by atoms with Crippen LogP contribution in [0.4, 0.5) is 22.0 Å². The molecule has 4 heterocycles. The Labute approximate surface area is 221 Å².